The zero-order valence-electron chi connectivity index (χ0n) is 22.7. The number of carbonyl (C=O) groups excluding carboxylic acids is 1. The average molecular weight is 623 g/mol. The largest absolute Gasteiger partial charge is 0.494 e. The van der Waals surface area contributed by atoms with Crippen LogP contribution in [0.5, 0.6) is 5.75 Å². The Morgan fingerprint density at radius 3 is 2.52 bits per heavy atom. The number of carbonyl (C=O) groups is 1. The fourth-order valence-electron chi connectivity index (χ4n) is 5.14. The van der Waals surface area contributed by atoms with Gasteiger partial charge in [-0.1, -0.05) is 59.6 Å². The summed E-state index contributed by atoms with van der Waals surface area (Å²) in [5.74, 6) is 0.351. The van der Waals surface area contributed by atoms with E-state index in [1.54, 1.807) is 18.0 Å². The number of aromatic nitrogens is 1. The first-order valence-electron chi connectivity index (χ1n) is 13.0. The molecule has 6 rings (SSSR count). The van der Waals surface area contributed by atoms with Gasteiger partial charge in [0.2, 0.25) is 0 Å². The Kier molecular flexibility index (Phi) is 7.94. The van der Waals surface area contributed by atoms with Crippen LogP contribution in [0.15, 0.2) is 95.2 Å². The third-order valence-electron chi connectivity index (χ3n) is 7.11. The highest BCUT2D eigenvalue weighted by Crippen LogP contribution is 2.47. The molecule has 6 aromatic rings. The molecule has 4 aromatic carbocycles. The number of aryl methyl sites for hydroxylation is 1. The van der Waals surface area contributed by atoms with Crippen LogP contribution in [0.2, 0.25) is 5.02 Å². The van der Waals surface area contributed by atoms with Crippen molar-refractivity contribution in [1.82, 2.24) is 3.97 Å². The van der Waals surface area contributed by atoms with Crippen molar-refractivity contribution in [2.24, 2.45) is 0 Å². The summed E-state index contributed by atoms with van der Waals surface area (Å²) in [4.78, 5) is 13.3. The lowest BCUT2D eigenvalue weighted by molar-refractivity contribution is 0.112. The van der Waals surface area contributed by atoms with E-state index in [0.29, 0.717) is 21.2 Å². The third-order valence-corrected chi connectivity index (χ3v) is 9.71. The Hall–Kier alpha value is -3.85. The van der Waals surface area contributed by atoms with Gasteiger partial charge in [0.15, 0.2) is 6.29 Å². The van der Waals surface area contributed by atoms with E-state index in [1.165, 1.54) is 24.0 Å². The quantitative estimate of drug-likeness (QED) is 0.131. The normalized spacial score (nSPS) is 11.0. The summed E-state index contributed by atoms with van der Waals surface area (Å²) >= 11 is 9.87. The molecule has 0 fully saturated rings. The van der Waals surface area contributed by atoms with Crippen molar-refractivity contribution in [3.05, 3.63) is 111 Å². The van der Waals surface area contributed by atoms with E-state index in [2.05, 4.69) is 80.8 Å². The Labute approximate surface area is 259 Å². The van der Waals surface area contributed by atoms with Crippen molar-refractivity contribution in [3.8, 4) is 45.3 Å². The highest BCUT2D eigenvalue weighted by atomic mass is 35.5. The molecule has 8 heteroatoms. The van der Waals surface area contributed by atoms with Gasteiger partial charge in [0, 0.05) is 32.5 Å². The van der Waals surface area contributed by atoms with Gasteiger partial charge >= 0.3 is 0 Å². The molecule has 0 aliphatic rings. The Morgan fingerprint density at radius 2 is 1.79 bits per heavy atom. The lowest BCUT2D eigenvalue weighted by Crippen LogP contribution is -1.95. The molecule has 1 atom stereocenters. The van der Waals surface area contributed by atoms with E-state index in [1.807, 2.05) is 29.6 Å². The van der Waals surface area contributed by atoms with E-state index in [4.69, 9.17) is 16.3 Å². The van der Waals surface area contributed by atoms with Gasteiger partial charge in [-0.3, -0.25) is 8.77 Å². The number of fused-ring (bicyclic) bond motifs is 1. The van der Waals surface area contributed by atoms with Crippen molar-refractivity contribution >= 4 is 66.6 Å². The van der Waals surface area contributed by atoms with Crippen LogP contribution in [0, 0.1) is 18.3 Å². The summed E-state index contributed by atoms with van der Waals surface area (Å²) in [5, 5.41) is 14.5. The fourth-order valence-corrected chi connectivity index (χ4v) is 7.46. The number of halogens is 1. The summed E-state index contributed by atoms with van der Waals surface area (Å²) in [6, 6.07) is 31.0. The predicted molar refractivity (Wildman–Crippen MR) is 180 cm³/mol. The monoisotopic (exact) mass is 622 g/mol. The first-order chi connectivity index (χ1) is 20.4. The maximum atomic E-state index is 11.6. The summed E-state index contributed by atoms with van der Waals surface area (Å²) < 4.78 is 7.74. The lowest BCUT2D eigenvalue weighted by atomic mass is 9.96. The smallest absolute Gasteiger partial charge is 0.153 e. The molecule has 42 heavy (non-hydrogen) atoms. The molecule has 0 spiro atoms. The highest BCUT2D eigenvalue weighted by Gasteiger charge is 2.24. The van der Waals surface area contributed by atoms with Crippen LogP contribution < -0.4 is 10.0 Å². The number of hydrogen-bond donors (Lipinski definition) is 0. The third kappa shape index (κ3) is 5.04. The molecule has 2 heterocycles. The Balaban J connectivity index is 1.66. The van der Waals surface area contributed by atoms with E-state index in [9.17, 15) is 10.1 Å². The molecule has 4 nitrogen and oxygen atoms in total. The minimum Gasteiger partial charge on any atom is -0.494 e. The molecule has 1 unspecified atom stereocenters. The second kappa shape index (κ2) is 11.8. The van der Waals surface area contributed by atoms with E-state index in [0.717, 1.165) is 60.9 Å². The van der Waals surface area contributed by atoms with Gasteiger partial charge < -0.3 is 4.74 Å². The first kappa shape index (κ1) is 28.3. The number of nitriles is 1. The minimum absolute atomic E-state index is 0.351. The van der Waals surface area contributed by atoms with Gasteiger partial charge in [-0.25, -0.2) is 0 Å². The van der Waals surface area contributed by atoms with Crippen molar-refractivity contribution in [2.45, 2.75) is 11.8 Å². The van der Waals surface area contributed by atoms with Crippen LogP contribution in [-0.2, 0) is 0 Å². The van der Waals surface area contributed by atoms with Crippen LogP contribution in [-0.4, -0.2) is 17.4 Å². The van der Waals surface area contributed by atoms with Gasteiger partial charge in [-0.2, -0.15) is 5.26 Å². The van der Waals surface area contributed by atoms with Crippen molar-refractivity contribution in [3.63, 3.8) is 0 Å². The summed E-state index contributed by atoms with van der Waals surface area (Å²) in [5.41, 5.74) is 8.14. The SMILES string of the molecule is COc1c(C=O)ccc(-c2cccc(-c3c(-c4ccsc4C#N)c4cc(P)ccc4n3Sc3ccc(C)cc3)c2)c1Cl. The second-order valence-electron chi connectivity index (χ2n) is 9.72. The maximum Gasteiger partial charge on any atom is 0.153 e. The molecule has 0 aliphatic heterocycles. The number of thiophene rings is 1. The molecular weight excluding hydrogens is 599 g/mol. The van der Waals surface area contributed by atoms with Crippen LogP contribution in [0.1, 0.15) is 20.8 Å². The standard InChI is InChI=1S/C34H24ClN2O2PS2/c1-20-6-10-25(11-7-20)42-37-29-13-9-24(40)17-28(29)31(27-14-15-41-30(27)18-36)33(37)22-5-3-4-21(16-22)26-12-8-23(19-38)34(39-2)32(26)35/h3-17,19H,40H2,1-2H3. The van der Waals surface area contributed by atoms with Crippen molar-refractivity contribution < 1.29 is 9.53 Å². The van der Waals surface area contributed by atoms with E-state index in [-0.39, 0.29) is 0 Å². The van der Waals surface area contributed by atoms with Crippen LogP contribution in [0.25, 0.3) is 44.4 Å². The number of aldehydes is 1. The van der Waals surface area contributed by atoms with E-state index >= 15 is 0 Å². The average Bonchev–Trinajstić information content (AvgIpc) is 3.59. The molecule has 0 saturated heterocycles. The number of benzene rings is 4. The topological polar surface area (TPSA) is 55.0 Å². The summed E-state index contributed by atoms with van der Waals surface area (Å²) in [6.07, 6.45) is 0.742. The number of rotatable bonds is 7. The molecule has 206 valence electrons. The zero-order valence-corrected chi connectivity index (χ0v) is 26.3. The van der Waals surface area contributed by atoms with Crippen LogP contribution in [0.4, 0.5) is 0 Å². The van der Waals surface area contributed by atoms with Crippen LogP contribution >= 0.6 is 44.1 Å². The van der Waals surface area contributed by atoms with Gasteiger partial charge in [0.05, 0.1) is 28.9 Å². The molecule has 0 bridgehead atoms. The van der Waals surface area contributed by atoms with Crippen LogP contribution in [0.3, 0.4) is 0 Å². The molecule has 0 N–H and O–H groups in total. The number of methoxy groups -OCH3 is 1. The van der Waals surface area contributed by atoms with Gasteiger partial charge in [0.25, 0.3) is 0 Å². The first-order valence-corrected chi connectivity index (χ1v) is 15.6. The van der Waals surface area contributed by atoms with Gasteiger partial charge in [-0.15, -0.1) is 20.6 Å². The molecule has 0 aliphatic carbocycles. The number of nitrogens with zero attached hydrogens (tertiary/aromatic N) is 2. The predicted octanol–water partition coefficient (Wildman–Crippen LogP) is 9.41. The summed E-state index contributed by atoms with van der Waals surface area (Å²) in [7, 11) is 4.30. The Morgan fingerprint density at radius 1 is 1.00 bits per heavy atom. The summed E-state index contributed by atoms with van der Waals surface area (Å²) in [6.45, 7) is 2.08. The maximum absolute atomic E-state index is 11.6. The molecule has 2 aromatic heterocycles. The highest BCUT2D eigenvalue weighted by molar-refractivity contribution is 7.98. The van der Waals surface area contributed by atoms with Crippen molar-refractivity contribution in [2.75, 3.05) is 7.11 Å². The minimum atomic E-state index is 0.351. The number of hydrogen-bond acceptors (Lipinski definition) is 5. The second-order valence-corrected chi connectivity index (χ2v) is 12.7. The lowest BCUT2D eigenvalue weighted by Gasteiger charge is -2.15. The number of ether oxygens (including phenoxy) is 1. The van der Waals surface area contributed by atoms with Gasteiger partial charge in [-0.05, 0) is 77.6 Å². The Bertz CT molecular complexity index is 2020. The van der Waals surface area contributed by atoms with Gasteiger partial charge in [0.1, 0.15) is 16.7 Å². The molecular formula is C34H24ClN2O2PS2. The molecule has 0 radical (unpaired) electrons. The molecule has 0 amide bonds. The molecule has 0 saturated carbocycles. The fraction of sp³-hybridized carbons (Fsp3) is 0.0588. The zero-order chi connectivity index (χ0) is 29.4. The van der Waals surface area contributed by atoms with Crippen molar-refractivity contribution in [1.29, 1.82) is 5.26 Å². The van der Waals surface area contributed by atoms with E-state index < -0.39 is 0 Å².